The van der Waals surface area contributed by atoms with Crippen LogP contribution in [-0.2, 0) is 14.8 Å². The number of carbonyl (C=O) groups excluding carboxylic acids is 1. The van der Waals surface area contributed by atoms with E-state index in [1.165, 1.54) is 12.4 Å². The summed E-state index contributed by atoms with van der Waals surface area (Å²) in [4.78, 5) is 25.4. The zero-order valence-corrected chi connectivity index (χ0v) is 13.2. The number of hydrogen-bond donors (Lipinski definition) is 2. The standard InChI is InChI=1S/C14H14N4O5S/c19-14(17-11-5-8-15-9-6-11)7-10-16-24(22,23)13-3-1-12(2-4-13)18(20)21/h1-6,8-9,16H,7,10H2,(H,15,17,19). The Morgan fingerprint density at radius 2 is 1.75 bits per heavy atom. The number of non-ortho nitro benzene ring substituents is 1. The van der Waals surface area contributed by atoms with Gasteiger partial charge in [-0.15, -0.1) is 0 Å². The number of sulfonamides is 1. The maximum atomic E-state index is 12.0. The van der Waals surface area contributed by atoms with E-state index in [2.05, 4.69) is 15.0 Å². The first-order chi connectivity index (χ1) is 11.4. The van der Waals surface area contributed by atoms with Gasteiger partial charge >= 0.3 is 0 Å². The number of nitro benzene ring substituents is 1. The topological polar surface area (TPSA) is 131 Å². The van der Waals surface area contributed by atoms with Gasteiger partial charge in [-0.1, -0.05) is 0 Å². The number of carbonyl (C=O) groups is 1. The Kier molecular flexibility index (Phi) is 5.55. The Labute approximate surface area is 137 Å². The van der Waals surface area contributed by atoms with Crippen LogP contribution >= 0.6 is 0 Å². The van der Waals surface area contributed by atoms with Gasteiger partial charge in [0.15, 0.2) is 0 Å². The van der Waals surface area contributed by atoms with Crippen molar-refractivity contribution in [2.45, 2.75) is 11.3 Å². The summed E-state index contributed by atoms with van der Waals surface area (Å²) in [6.07, 6.45) is 2.98. The molecule has 0 aliphatic heterocycles. The van der Waals surface area contributed by atoms with Crippen LogP contribution in [0.3, 0.4) is 0 Å². The highest BCUT2D eigenvalue weighted by atomic mass is 32.2. The Hall–Kier alpha value is -2.85. The molecule has 9 nitrogen and oxygen atoms in total. The minimum atomic E-state index is -3.83. The number of pyridine rings is 1. The van der Waals surface area contributed by atoms with Crippen LogP contribution in [0.4, 0.5) is 11.4 Å². The maximum absolute atomic E-state index is 12.0. The van der Waals surface area contributed by atoms with E-state index in [4.69, 9.17) is 0 Å². The number of hydrogen-bond acceptors (Lipinski definition) is 6. The smallest absolute Gasteiger partial charge is 0.269 e. The third-order valence-electron chi connectivity index (χ3n) is 2.97. The van der Waals surface area contributed by atoms with E-state index < -0.39 is 14.9 Å². The normalized spacial score (nSPS) is 11.0. The zero-order valence-electron chi connectivity index (χ0n) is 12.4. The Morgan fingerprint density at radius 3 is 2.33 bits per heavy atom. The van der Waals surface area contributed by atoms with E-state index in [0.717, 1.165) is 24.3 Å². The van der Waals surface area contributed by atoms with Crippen molar-refractivity contribution in [1.82, 2.24) is 9.71 Å². The highest BCUT2D eigenvalue weighted by molar-refractivity contribution is 7.89. The number of benzene rings is 1. The van der Waals surface area contributed by atoms with Gasteiger partial charge in [-0.2, -0.15) is 0 Å². The number of nitro groups is 1. The Bertz CT molecular complexity index is 822. The van der Waals surface area contributed by atoms with Gasteiger partial charge in [0.2, 0.25) is 15.9 Å². The van der Waals surface area contributed by atoms with Crippen LogP contribution in [0.15, 0.2) is 53.7 Å². The maximum Gasteiger partial charge on any atom is 0.269 e. The van der Waals surface area contributed by atoms with Crippen molar-refractivity contribution < 1.29 is 18.1 Å². The third-order valence-corrected chi connectivity index (χ3v) is 4.44. The van der Waals surface area contributed by atoms with Gasteiger partial charge in [0, 0.05) is 43.2 Å². The molecule has 0 radical (unpaired) electrons. The second kappa shape index (κ2) is 7.62. The number of amides is 1. The first-order valence-electron chi connectivity index (χ1n) is 6.82. The summed E-state index contributed by atoms with van der Waals surface area (Å²) in [5, 5.41) is 13.2. The molecule has 1 heterocycles. The van der Waals surface area contributed by atoms with Gasteiger partial charge in [0.05, 0.1) is 9.82 Å². The lowest BCUT2D eigenvalue weighted by molar-refractivity contribution is -0.384. The second-order valence-electron chi connectivity index (χ2n) is 4.68. The number of aromatic nitrogens is 1. The van der Waals surface area contributed by atoms with Gasteiger partial charge in [-0.3, -0.25) is 19.9 Å². The summed E-state index contributed by atoms with van der Waals surface area (Å²) in [7, 11) is -3.83. The van der Waals surface area contributed by atoms with E-state index in [1.807, 2.05) is 0 Å². The predicted molar refractivity (Wildman–Crippen MR) is 85.8 cm³/mol. The molecular weight excluding hydrogens is 336 g/mol. The molecule has 1 aromatic carbocycles. The fraction of sp³-hybridized carbons (Fsp3) is 0.143. The van der Waals surface area contributed by atoms with Gasteiger partial charge in [-0.05, 0) is 24.3 Å². The molecule has 24 heavy (non-hydrogen) atoms. The lowest BCUT2D eigenvalue weighted by Crippen LogP contribution is -2.27. The van der Waals surface area contributed by atoms with Crippen molar-refractivity contribution in [3.05, 3.63) is 58.9 Å². The molecule has 1 amide bonds. The van der Waals surface area contributed by atoms with E-state index in [-0.39, 0.29) is 29.5 Å². The van der Waals surface area contributed by atoms with Crippen LogP contribution in [0.1, 0.15) is 6.42 Å². The highest BCUT2D eigenvalue weighted by Crippen LogP contribution is 2.15. The summed E-state index contributed by atoms with van der Waals surface area (Å²) < 4.78 is 26.3. The first-order valence-corrected chi connectivity index (χ1v) is 8.31. The summed E-state index contributed by atoms with van der Waals surface area (Å²) >= 11 is 0. The summed E-state index contributed by atoms with van der Waals surface area (Å²) in [5.74, 6) is -0.354. The van der Waals surface area contributed by atoms with Crippen molar-refractivity contribution in [2.75, 3.05) is 11.9 Å². The molecule has 0 spiro atoms. The Balaban J connectivity index is 1.88. The van der Waals surface area contributed by atoms with Crippen molar-refractivity contribution in [3.63, 3.8) is 0 Å². The van der Waals surface area contributed by atoms with Gasteiger partial charge in [0.25, 0.3) is 5.69 Å². The van der Waals surface area contributed by atoms with Crippen LogP contribution in [0.2, 0.25) is 0 Å². The fourth-order valence-electron chi connectivity index (χ4n) is 1.79. The molecule has 2 aromatic rings. The van der Waals surface area contributed by atoms with Crippen LogP contribution in [0, 0.1) is 10.1 Å². The SMILES string of the molecule is O=C(CCNS(=O)(=O)c1ccc([N+](=O)[O-])cc1)Nc1ccncc1. The fourth-order valence-corrected chi connectivity index (χ4v) is 2.82. The van der Waals surface area contributed by atoms with E-state index >= 15 is 0 Å². The highest BCUT2D eigenvalue weighted by Gasteiger charge is 2.16. The monoisotopic (exact) mass is 350 g/mol. The number of nitrogens with one attached hydrogen (secondary N) is 2. The quantitative estimate of drug-likeness (QED) is 0.571. The molecule has 10 heteroatoms. The Morgan fingerprint density at radius 1 is 1.12 bits per heavy atom. The van der Waals surface area contributed by atoms with E-state index in [0.29, 0.717) is 5.69 Å². The molecule has 0 atom stereocenters. The molecule has 0 fully saturated rings. The molecule has 126 valence electrons. The average Bonchev–Trinajstić information content (AvgIpc) is 2.55. The number of nitrogens with zero attached hydrogens (tertiary/aromatic N) is 2. The molecule has 0 unspecified atom stereocenters. The zero-order chi connectivity index (χ0) is 17.6. The van der Waals surface area contributed by atoms with Crippen molar-refractivity contribution in [1.29, 1.82) is 0 Å². The van der Waals surface area contributed by atoms with Crippen LogP contribution in [0.25, 0.3) is 0 Å². The van der Waals surface area contributed by atoms with Gasteiger partial charge in [-0.25, -0.2) is 13.1 Å². The van der Waals surface area contributed by atoms with E-state index in [9.17, 15) is 23.3 Å². The van der Waals surface area contributed by atoms with Gasteiger partial charge in [0.1, 0.15) is 0 Å². The molecule has 0 aliphatic carbocycles. The third kappa shape index (κ3) is 4.83. The van der Waals surface area contributed by atoms with Crippen LogP contribution in [-0.4, -0.2) is 30.8 Å². The largest absolute Gasteiger partial charge is 0.326 e. The molecule has 0 bridgehead atoms. The van der Waals surface area contributed by atoms with Gasteiger partial charge < -0.3 is 5.32 Å². The van der Waals surface area contributed by atoms with Crippen molar-refractivity contribution in [2.24, 2.45) is 0 Å². The molecule has 0 saturated carbocycles. The van der Waals surface area contributed by atoms with Crippen molar-refractivity contribution >= 4 is 27.3 Å². The summed E-state index contributed by atoms with van der Waals surface area (Å²) in [5.41, 5.74) is 0.360. The number of rotatable bonds is 7. The van der Waals surface area contributed by atoms with E-state index in [1.54, 1.807) is 12.1 Å². The van der Waals surface area contributed by atoms with Crippen LogP contribution in [0.5, 0.6) is 0 Å². The summed E-state index contributed by atoms with van der Waals surface area (Å²) in [6.45, 7) is -0.101. The lowest BCUT2D eigenvalue weighted by Gasteiger charge is -2.07. The molecular formula is C14H14N4O5S. The predicted octanol–water partition coefficient (Wildman–Crippen LogP) is 1.30. The molecule has 2 N–H and O–H groups in total. The van der Waals surface area contributed by atoms with Crippen LogP contribution < -0.4 is 10.0 Å². The van der Waals surface area contributed by atoms with Crippen molar-refractivity contribution in [3.8, 4) is 0 Å². The molecule has 0 saturated heterocycles. The second-order valence-corrected chi connectivity index (χ2v) is 6.45. The molecule has 1 aromatic heterocycles. The minimum absolute atomic E-state index is 0.0610. The number of anilines is 1. The molecule has 2 rings (SSSR count). The minimum Gasteiger partial charge on any atom is -0.326 e. The first kappa shape index (κ1) is 17.5. The molecule has 0 aliphatic rings. The summed E-state index contributed by atoms with van der Waals surface area (Å²) in [6, 6.07) is 7.70. The lowest BCUT2D eigenvalue weighted by atomic mass is 10.3. The average molecular weight is 350 g/mol.